The highest BCUT2D eigenvalue weighted by Gasteiger charge is 2.27. The quantitative estimate of drug-likeness (QED) is 0.527. The molecule has 0 aromatic rings. The van der Waals surface area contributed by atoms with Crippen molar-refractivity contribution in [3.63, 3.8) is 0 Å². The average Bonchev–Trinajstić information content (AvgIpc) is 2.35. The molecule has 5 heteroatoms. The molecular weight excluding hydrogens is 210 g/mol. The van der Waals surface area contributed by atoms with Crippen LogP contribution < -0.4 is 0 Å². The first-order valence-electron chi connectivity index (χ1n) is 4.92. The monoisotopic (exact) mass is 225 g/mol. The van der Waals surface area contributed by atoms with E-state index >= 15 is 0 Å². The van der Waals surface area contributed by atoms with Crippen LogP contribution in [0.4, 0.5) is 4.79 Å². The standard InChI is InChI=1S/C11H15NO4/c1-4-9-6-5-8(10(13)15-2)7-12(9)11(14)16-3/h4,7,9H,1,5-6H2,2-3H3. The second-order valence-electron chi connectivity index (χ2n) is 3.36. The van der Waals surface area contributed by atoms with Gasteiger partial charge >= 0.3 is 12.1 Å². The van der Waals surface area contributed by atoms with E-state index in [0.29, 0.717) is 18.4 Å². The Bertz CT molecular complexity index is 335. The van der Waals surface area contributed by atoms with Gasteiger partial charge in [0, 0.05) is 6.20 Å². The van der Waals surface area contributed by atoms with Gasteiger partial charge < -0.3 is 9.47 Å². The minimum absolute atomic E-state index is 0.138. The largest absolute Gasteiger partial charge is 0.466 e. The molecule has 1 atom stereocenters. The van der Waals surface area contributed by atoms with Crippen molar-refractivity contribution in [2.24, 2.45) is 0 Å². The molecule has 0 spiro atoms. The zero-order valence-electron chi connectivity index (χ0n) is 9.43. The van der Waals surface area contributed by atoms with Gasteiger partial charge in [-0.2, -0.15) is 0 Å². The van der Waals surface area contributed by atoms with Crippen molar-refractivity contribution >= 4 is 12.1 Å². The van der Waals surface area contributed by atoms with E-state index in [4.69, 9.17) is 0 Å². The van der Waals surface area contributed by atoms with E-state index in [1.165, 1.54) is 25.3 Å². The number of hydrogen-bond donors (Lipinski definition) is 0. The molecule has 1 aliphatic rings. The maximum absolute atomic E-state index is 11.5. The fourth-order valence-electron chi connectivity index (χ4n) is 1.58. The number of esters is 1. The number of nitrogens with zero attached hydrogens (tertiary/aromatic N) is 1. The fourth-order valence-corrected chi connectivity index (χ4v) is 1.58. The second-order valence-corrected chi connectivity index (χ2v) is 3.36. The van der Waals surface area contributed by atoms with Crippen molar-refractivity contribution in [1.82, 2.24) is 4.90 Å². The third-order valence-corrected chi connectivity index (χ3v) is 2.47. The first-order valence-corrected chi connectivity index (χ1v) is 4.92. The summed E-state index contributed by atoms with van der Waals surface area (Å²) in [6.45, 7) is 3.65. The number of methoxy groups -OCH3 is 2. The minimum Gasteiger partial charge on any atom is -0.466 e. The normalized spacial score (nSPS) is 19.8. The van der Waals surface area contributed by atoms with Crippen LogP contribution in [-0.2, 0) is 14.3 Å². The highest BCUT2D eigenvalue weighted by atomic mass is 16.5. The van der Waals surface area contributed by atoms with Crippen molar-refractivity contribution in [1.29, 1.82) is 0 Å². The molecule has 1 rings (SSSR count). The Labute approximate surface area is 94.3 Å². The van der Waals surface area contributed by atoms with Crippen LogP contribution in [-0.4, -0.2) is 37.2 Å². The minimum atomic E-state index is -0.508. The van der Waals surface area contributed by atoms with Gasteiger partial charge in [-0.05, 0) is 12.8 Å². The first kappa shape index (κ1) is 12.3. The summed E-state index contributed by atoms with van der Waals surface area (Å²) in [5.74, 6) is -0.420. The van der Waals surface area contributed by atoms with E-state index in [1.54, 1.807) is 6.08 Å². The summed E-state index contributed by atoms with van der Waals surface area (Å²) in [6, 6.07) is -0.138. The van der Waals surface area contributed by atoms with Gasteiger partial charge in [-0.3, -0.25) is 4.90 Å². The first-order chi connectivity index (χ1) is 7.63. The van der Waals surface area contributed by atoms with Gasteiger partial charge in [-0.1, -0.05) is 6.08 Å². The molecule has 1 heterocycles. The Morgan fingerprint density at radius 3 is 2.69 bits per heavy atom. The molecular formula is C11H15NO4. The van der Waals surface area contributed by atoms with Crippen LogP contribution in [0, 0.1) is 0 Å². The molecule has 0 aromatic carbocycles. The number of ether oxygens (including phenoxy) is 2. The predicted molar refractivity (Wildman–Crippen MR) is 57.6 cm³/mol. The van der Waals surface area contributed by atoms with Crippen molar-refractivity contribution in [2.75, 3.05) is 14.2 Å². The predicted octanol–water partition coefficient (Wildman–Crippen LogP) is 1.46. The summed E-state index contributed by atoms with van der Waals surface area (Å²) in [4.78, 5) is 24.1. The molecule has 0 aliphatic carbocycles. The van der Waals surface area contributed by atoms with E-state index in [0.717, 1.165) is 0 Å². The summed E-state index contributed by atoms with van der Waals surface area (Å²) >= 11 is 0. The molecule has 0 aromatic heterocycles. The molecule has 5 nitrogen and oxygen atoms in total. The summed E-state index contributed by atoms with van der Waals surface area (Å²) in [6.07, 6.45) is 3.82. The van der Waals surface area contributed by atoms with Gasteiger partial charge in [-0.25, -0.2) is 9.59 Å². The molecule has 16 heavy (non-hydrogen) atoms. The topological polar surface area (TPSA) is 55.8 Å². The number of amides is 1. The van der Waals surface area contributed by atoms with Gasteiger partial charge in [-0.15, -0.1) is 6.58 Å². The molecule has 1 amide bonds. The zero-order valence-corrected chi connectivity index (χ0v) is 9.43. The van der Waals surface area contributed by atoms with Crippen molar-refractivity contribution in [3.8, 4) is 0 Å². The highest BCUT2D eigenvalue weighted by Crippen LogP contribution is 2.22. The van der Waals surface area contributed by atoms with Gasteiger partial charge in [0.05, 0.1) is 25.8 Å². The molecule has 88 valence electrons. The fraction of sp³-hybridized carbons (Fsp3) is 0.455. The van der Waals surface area contributed by atoms with E-state index in [1.807, 2.05) is 0 Å². The molecule has 0 saturated heterocycles. The van der Waals surface area contributed by atoms with Gasteiger partial charge in [0.15, 0.2) is 0 Å². The lowest BCUT2D eigenvalue weighted by Gasteiger charge is -2.29. The van der Waals surface area contributed by atoms with Crippen molar-refractivity contribution in [2.45, 2.75) is 18.9 Å². The van der Waals surface area contributed by atoms with Gasteiger partial charge in [0.2, 0.25) is 0 Å². The lowest BCUT2D eigenvalue weighted by molar-refractivity contribution is -0.136. The molecule has 0 N–H and O–H groups in total. The lowest BCUT2D eigenvalue weighted by atomic mass is 10.0. The van der Waals surface area contributed by atoms with Crippen molar-refractivity contribution < 1.29 is 19.1 Å². The number of carbonyl (C=O) groups is 2. The summed E-state index contributed by atoms with van der Waals surface area (Å²) in [5.41, 5.74) is 0.464. The van der Waals surface area contributed by atoms with E-state index in [2.05, 4.69) is 16.1 Å². The molecule has 1 aliphatic heterocycles. The molecule has 0 fully saturated rings. The Balaban J connectivity index is 2.93. The number of hydrogen-bond acceptors (Lipinski definition) is 4. The smallest absolute Gasteiger partial charge is 0.414 e. The third kappa shape index (κ3) is 2.42. The second kappa shape index (κ2) is 5.34. The van der Waals surface area contributed by atoms with Crippen LogP contribution in [0.3, 0.4) is 0 Å². The van der Waals surface area contributed by atoms with Gasteiger partial charge in [0.1, 0.15) is 0 Å². The van der Waals surface area contributed by atoms with Crippen LogP contribution in [0.1, 0.15) is 12.8 Å². The lowest BCUT2D eigenvalue weighted by Crippen LogP contribution is -2.38. The maximum Gasteiger partial charge on any atom is 0.414 e. The maximum atomic E-state index is 11.5. The SMILES string of the molecule is C=CC1CCC(C(=O)OC)=CN1C(=O)OC. The van der Waals surface area contributed by atoms with E-state index in [-0.39, 0.29) is 6.04 Å². The summed E-state index contributed by atoms with van der Waals surface area (Å²) < 4.78 is 9.23. The Kier molecular flexibility index (Phi) is 4.10. The average molecular weight is 225 g/mol. The number of rotatable bonds is 2. The van der Waals surface area contributed by atoms with Crippen LogP contribution in [0.2, 0.25) is 0 Å². The summed E-state index contributed by atoms with van der Waals surface area (Å²) in [7, 11) is 2.61. The van der Waals surface area contributed by atoms with Crippen LogP contribution in [0.25, 0.3) is 0 Å². The van der Waals surface area contributed by atoms with Gasteiger partial charge in [0.25, 0.3) is 0 Å². The molecule has 0 bridgehead atoms. The Morgan fingerprint density at radius 2 is 2.19 bits per heavy atom. The van der Waals surface area contributed by atoms with E-state index in [9.17, 15) is 9.59 Å². The molecule has 0 saturated carbocycles. The number of carbonyl (C=O) groups excluding carboxylic acids is 2. The highest BCUT2D eigenvalue weighted by molar-refractivity contribution is 5.89. The Hall–Kier alpha value is -1.78. The van der Waals surface area contributed by atoms with Crippen LogP contribution in [0.5, 0.6) is 0 Å². The summed E-state index contributed by atoms with van der Waals surface area (Å²) in [5, 5.41) is 0. The molecule has 0 radical (unpaired) electrons. The van der Waals surface area contributed by atoms with Crippen LogP contribution in [0.15, 0.2) is 24.4 Å². The van der Waals surface area contributed by atoms with Crippen molar-refractivity contribution in [3.05, 3.63) is 24.4 Å². The van der Waals surface area contributed by atoms with Crippen LogP contribution >= 0.6 is 0 Å². The third-order valence-electron chi connectivity index (χ3n) is 2.47. The van der Waals surface area contributed by atoms with E-state index < -0.39 is 12.1 Å². The zero-order chi connectivity index (χ0) is 12.1. The molecule has 1 unspecified atom stereocenters. The Morgan fingerprint density at radius 1 is 1.50 bits per heavy atom.